The van der Waals surface area contributed by atoms with E-state index in [1.165, 1.54) is 109 Å². The van der Waals surface area contributed by atoms with E-state index in [2.05, 4.69) is 74.6 Å². The van der Waals surface area contributed by atoms with Crippen LogP contribution in [-0.2, 0) is 23.7 Å². The molecular formula is C51H90O9. The van der Waals surface area contributed by atoms with Gasteiger partial charge in [-0.3, -0.25) is 4.79 Å². The van der Waals surface area contributed by atoms with Crippen LogP contribution in [0.1, 0.15) is 194 Å². The third kappa shape index (κ3) is 32.6. The average Bonchev–Trinajstić information content (AvgIpc) is 3.25. The molecule has 0 spiro atoms. The van der Waals surface area contributed by atoms with E-state index >= 15 is 0 Å². The Morgan fingerprint density at radius 1 is 0.550 bits per heavy atom. The van der Waals surface area contributed by atoms with E-state index in [9.17, 15) is 25.2 Å². The Morgan fingerprint density at radius 2 is 1.02 bits per heavy atom. The third-order valence-corrected chi connectivity index (χ3v) is 10.9. The molecule has 0 aromatic rings. The second kappa shape index (κ2) is 42.2. The largest absolute Gasteiger partial charge is 0.457 e. The van der Waals surface area contributed by atoms with Crippen LogP contribution in [0.15, 0.2) is 60.8 Å². The molecule has 1 aliphatic rings. The Morgan fingerprint density at radius 3 is 1.53 bits per heavy atom. The van der Waals surface area contributed by atoms with Gasteiger partial charge in [0.2, 0.25) is 0 Å². The quantitative estimate of drug-likeness (QED) is 0.0269. The summed E-state index contributed by atoms with van der Waals surface area (Å²) in [5, 5.41) is 40.1. The number of hydrogen-bond donors (Lipinski definition) is 4. The van der Waals surface area contributed by atoms with E-state index in [4.69, 9.17) is 18.9 Å². The first-order valence-electron chi connectivity index (χ1n) is 24.4. The number of aliphatic hydroxyl groups is 4. The van der Waals surface area contributed by atoms with E-state index in [0.29, 0.717) is 13.0 Å². The maximum atomic E-state index is 12.8. The summed E-state index contributed by atoms with van der Waals surface area (Å²) in [6, 6.07) is 0. The van der Waals surface area contributed by atoms with E-state index in [1.807, 2.05) is 0 Å². The Labute approximate surface area is 366 Å². The van der Waals surface area contributed by atoms with Gasteiger partial charge in [0.25, 0.3) is 0 Å². The van der Waals surface area contributed by atoms with Crippen molar-refractivity contribution in [1.82, 2.24) is 0 Å². The molecule has 0 amide bonds. The lowest BCUT2D eigenvalue weighted by atomic mass is 9.99. The Bertz CT molecular complexity index is 1100. The Hall–Kier alpha value is -2.11. The van der Waals surface area contributed by atoms with Crippen LogP contribution in [0.4, 0.5) is 0 Å². The van der Waals surface area contributed by atoms with Gasteiger partial charge in [-0.25, -0.2) is 0 Å². The first kappa shape index (κ1) is 55.9. The highest BCUT2D eigenvalue weighted by molar-refractivity contribution is 5.69. The van der Waals surface area contributed by atoms with Crippen molar-refractivity contribution in [2.75, 3.05) is 26.4 Å². The van der Waals surface area contributed by atoms with Crippen molar-refractivity contribution in [3.05, 3.63) is 60.8 Å². The van der Waals surface area contributed by atoms with Crippen molar-refractivity contribution >= 4 is 5.97 Å². The summed E-state index contributed by atoms with van der Waals surface area (Å²) in [5.41, 5.74) is 0. The van der Waals surface area contributed by atoms with Crippen molar-refractivity contribution in [2.24, 2.45) is 0 Å². The van der Waals surface area contributed by atoms with Crippen LogP contribution in [0.25, 0.3) is 0 Å². The molecule has 9 nitrogen and oxygen atoms in total. The fraction of sp³-hybridized carbons (Fsp3) is 0.784. The van der Waals surface area contributed by atoms with E-state index in [0.717, 1.165) is 64.2 Å². The minimum Gasteiger partial charge on any atom is -0.457 e. The zero-order chi connectivity index (χ0) is 43.6. The molecule has 1 aliphatic heterocycles. The molecule has 1 saturated heterocycles. The van der Waals surface area contributed by atoms with Gasteiger partial charge in [-0.1, -0.05) is 190 Å². The summed E-state index contributed by atoms with van der Waals surface area (Å²) >= 11 is 0. The minimum atomic E-state index is -1.54. The summed E-state index contributed by atoms with van der Waals surface area (Å²) in [4.78, 5) is 12.8. The van der Waals surface area contributed by atoms with Crippen molar-refractivity contribution in [3.8, 4) is 0 Å². The van der Waals surface area contributed by atoms with Gasteiger partial charge in [0.1, 0.15) is 30.5 Å². The maximum absolute atomic E-state index is 12.8. The monoisotopic (exact) mass is 847 g/mol. The fourth-order valence-corrected chi connectivity index (χ4v) is 7.17. The molecule has 1 fully saturated rings. The Balaban J connectivity index is 2.17. The van der Waals surface area contributed by atoms with Crippen LogP contribution < -0.4 is 0 Å². The molecule has 1 rings (SSSR count). The van der Waals surface area contributed by atoms with Crippen molar-refractivity contribution < 1.29 is 44.2 Å². The number of carbonyl (C=O) groups excluding carboxylic acids is 1. The van der Waals surface area contributed by atoms with Crippen LogP contribution in [0, 0.1) is 0 Å². The number of allylic oxidation sites excluding steroid dienone is 10. The number of esters is 1. The SMILES string of the molecule is CC/C=C\C/C=C\C/C=C\C/C=C\C/C=C\CCCCCCCCCCCCOCC(COC1OC(CO)C(O)C(O)C1O)OC(=O)CCCCCCCCCCCCC. The first-order valence-corrected chi connectivity index (χ1v) is 24.4. The molecule has 348 valence electrons. The number of carbonyl (C=O) groups is 1. The highest BCUT2D eigenvalue weighted by Gasteiger charge is 2.44. The molecule has 9 heteroatoms. The number of unbranched alkanes of at least 4 members (excludes halogenated alkanes) is 20. The summed E-state index contributed by atoms with van der Waals surface area (Å²) in [6.45, 7) is 4.43. The standard InChI is InChI=1S/C51H90O9/c1-3-5-7-9-11-13-15-16-17-18-19-20-21-22-23-24-25-26-27-28-29-31-33-35-37-39-41-57-43-45(44-58-51-50(56)49(55)48(54)46(42-52)60-51)59-47(53)40-38-36-34-32-30-14-12-10-8-6-4-2/h5,7,11,13,16-17,19-20,22-23,45-46,48-52,54-56H,3-4,6,8-10,12,14-15,18,21,24-44H2,1-2H3/b7-5-,13-11-,17-16-,20-19-,23-22-. The second-order valence-corrected chi connectivity index (χ2v) is 16.5. The molecule has 0 aromatic heterocycles. The molecule has 4 N–H and O–H groups in total. The average molecular weight is 847 g/mol. The van der Waals surface area contributed by atoms with Gasteiger partial charge < -0.3 is 39.4 Å². The molecule has 0 bridgehead atoms. The zero-order valence-corrected chi connectivity index (χ0v) is 38.2. The molecule has 0 aromatic carbocycles. The molecule has 0 aliphatic carbocycles. The normalized spacial score (nSPS) is 20.5. The zero-order valence-electron chi connectivity index (χ0n) is 38.2. The molecule has 6 atom stereocenters. The number of hydrogen-bond acceptors (Lipinski definition) is 9. The van der Waals surface area contributed by atoms with Gasteiger partial charge in [-0.05, 0) is 57.8 Å². The molecule has 0 saturated carbocycles. The van der Waals surface area contributed by atoms with Crippen molar-refractivity contribution in [3.63, 3.8) is 0 Å². The predicted molar refractivity (Wildman–Crippen MR) is 247 cm³/mol. The number of aliphatic hydroxyl groups excluding tert-OH is 4. The minimum absolute atomic E-state index is 0.115. The van der Waals surface area contributed by atoms with Gasteiger partial charge in [0, 0.05) is 13.0 Å². The van der Waals surface area contributed by atoms with Crippen LogP contribution in [0.5, 0.6) is 0 Å². The molecule has 1 heterocycles. The van der Waals surface area contributed by atoms with Crippen LogP contribution >= 0.6 is 0 Å². The molecule has 0 radical (unpaired) electrons. The highest BCUT2D eigenvalue weighted by Crippen LogP contribution is 2.23. The van der Waals surface area contributed by atoms with Crippen LogP contribution in [-0.4, -0.2) is 89.6 Å². The summed E-state index contributed by atoms with van der Waals surface area (Å²) in [6.07, 6.45) is 46.8. The Kier molecular flexibility index (Phi) is 39.3. The van der Waals surface area contributed by atoms with Gasteiger partial charge in [0.15, 0.2) is 6.29 Å². The highest BCUT2D eigenvalue weighted by atomic mass is 16.7. The number of ether oxygens (including phenoxy) is 4. The summed E-state index contributed by atoms with van der Waals surface area (Å²) in [7, 11) is 0. The summed E-state index contributed by atoms with van der Waals surface area (Å²) < 4.78 is 22.8. The van der Waals surface area contributed by atoms with Gasteiger partial charge in [0.05, 0.1) is 19.8 Å². The lowest BCUT2D eigenvalue weighted by molar-refractivity contribution is -0.305. The van der Waals surface area contributed by atoms with E-state index in [1.54, 1.807) is 0 Å². The van der Waals surface area contributed by atoms with Gasteiger partial charge >= 0.3 is 5.97 Å². The van der Waals surface area contributed by atoms with Gasteiger partial charge in [-0.2, -0.15) is 0 Å². The van der Waals surface area contributed by atoms with Gasteiger partial charge in [-0.15, -0.1) is 0 Å². The predicted octanol–water partition coefficient (Wildman–Crippen LogP) is 11.5. The molecule has 60 heavy (non-hydrogen) atoms. The third-order valence-electron chi connectivity index (χ3n) is 10.9. The lowest BCUT2D eigenvalue weighted by Gasteiger charge is -2.39. The van der Waals surface area contributed by atoms with E-state index in [-0.39, 0.29) is 19.2 Å². The van der Waals surface area contributed by atoms with Crippen LogP contribution in [0.2, 0.25) is 0 Å². The molecule has 6 unspecified atom stereocenters. The van der Waals surface area contributed by atoms with Crippen molar-refractivity contribution in [2.45, 2.75) is 230 Å². The smallest absolute Gasteiger partial charge is 0.306 e. The van der Waals surface area contributed by atoms with Crippen molar-refractivity contribution in [1.29, 1.82) is 0 Å². The first-order chi connectivity index (χ1) is 29.4. The number of rotatable bonds is 41. The summed E-state index contributed by atoms with van der Waals surface area (Å²) in [5.74, 6) is -0.317. The van der Waals surface area contributed by atoms with E-state index < -0.39 is 43.4 Å². The second-order valence-electron chi connectivity index (χ2n) is 16.5. The van der Waals surface area contributed by atoms with Crippen LogP contribution in [0.3, 0.4) is 0 Å². The fourth-order valence-electron chi connectivity index (χ4n) is 7.17. The lowest BCUT2D eigenvalue weighted by Crippen LogP contribution is -2.59. The topological polar surface area (TPSA) is 135 Å². The molecular weight excluding hydrogens is 757 g/mol. The maximum Gasteiger partial charge on any atom is 0.306 e.